The summed E-state index contributed by atoms with van der Waals surface area (Å²) < 4.78 is 5.35. The molecule has 0 unspecified atom stereocenters. The molecule has 7 nitrogen and oxygen atoms in total. The van der Waals surface area contributed by atoms with Gasteiger partial charge in [0.1, 0.15) is 19.8 Å². The highest BCUT2D eigenvalue weighted by Gasteiger charge is 2.39. The Morgan fingerprint density at radius 1 is 1.18 bits per heavy atom. The summed E-state index contributed by atoms with van der Waals surface area (Å²) in [7, 11) is 4.07. The van der Waals surface area contributed by atoms with Crippen LogP contribution >= 0.6 is 46.2 Å². The van der Waals surface area contributed by atoms with Crippen LogP contribution in [-0.2, 0) is 24.8 Å². The number of carbonyl (C=O) groups is 1. The predicted octanol–water partition coefficient (Wildman–Crippen LogP) is 1.91. The number of amides is 1. The summed E-state index contributed by atoms with van der Waals surface area (Å²) in [6, 6.07) is 0. The first-order valence-electron chi connectivity index (χ1n) is 11.0. The third-order valence-electron chi connectivity index (χ3n) is 5.97. The second-order valence-corrected chi connectivity index (χ2v) is 12.0. The lowest BCUT2D eigenvalue weighted by Gasteiger charge is -2.08. The molecule has 0 aromatic carbocycles. The van der Waals surface area contributed by atoms with Gasteiger partial charge in [-0.05, 0) is 54.4 Å². The van der Waals surface area contributed by atoms with Crippen molar-refractivity contribution in [2.24, 2.45) is 12.0 Å². The molecular formula is C22H26N5O2S4+. The molecule has 0 radical (unpaired) electrons. The van der Waals surface area contributed by atoms with E-state index in [1.54, 1.807) is 32.6 Å². The van der Waals surface area contributed by atoms with Crippen molar-refractivity contribution >= 4 is 78.4 Å². The van der Waals surface area contributed by atoms with Gasteiger partial charge in [-0.1, -0.05) is 6.08 Å². The van der Waals surface area contributed by atoms with Crippen LogP contribution in [0.2, 0.25) is 0 Å². The Morgan fingerprint density at radius 3 is 2.67 bits per heavy atom. The van der Waals surface area contributed by atoms with E-state index in [0.29, 0.717) is 23.2 Å². The highest BCUT2D eigenvalue weighted by atomic mass is 32.2. The number of allylic oxidation sites excluding steroid dienone is 1. The smallest absolute Gasteiger partial charge is 0.367 e. The van der Waals surface area contributed by atoms with Crippen molar-refractivity contribution < 1.29 is 9.36 Å². The Bertz CT molecular complexity index is 1380. The van der Waals surface area contributed by atoms with E-state index in [2.05, 4.69) is 21.6 Å². The maximum absolute atomic E-state index is 13.4. The number of carbonyl (C=O) groups excluding carboxylic acids is 1. The molecule has 0 atom stereocenters. The van der Waals surface area contributed by atoms with Crippen molar-refractivity contribution in [2.45, 2.75) is 33.2 Å². The highest BCUT2D eigenvalue weighted by Crippen LogP contribution is 2.35. The first kappa shape index (κ1) is 22.9. The summed E-state index contributed by atoms with van der Waals surface area (Å²) >= 11 is 6.19. The van der Waals surface area contributed by atoms with Gasteiger partial charge in [0.25, 0.3) is 16.6 Å². The van der Waals surface area contributed by atoms with Gasteiger partial charge in [-0.25, -0.2) is 4.57 Å². The Morgan fingerprint density at radius 2 is 2.00 bits per heavy atom. The van der Waals surface area contributed by atoms with E-state index in [0.717, 1.165) is 44.5 Å². The number of thiazole rings is 2. The average molecular weight is 521 g/mol. The van der Waals surface area contributed by atoms with Gasteiger partial charge < -0.3 is 4.90 Å². The number of amidine groups is 1. The molecular weight excluding hydrogens is 495 g/mol. The SMILES string of the molecule is CCN1C(=O)/C(=c2/s/c(=C3/SCCN3C)c(=O)n2CC)S/C1=N\c1sc2c([n+]1C)CCC=C2. The van der Waals surface area contributed by atoms with Gasteiger partial charge in [-0.3, -0.25) is 19.1 Å². The summed E-state index contributed by atoms with van der Waals surface area (Å²) in [5.74, 6) is 0.907. The summed E-state index contributed by atoms with van der Waals surface area (Å²) in [4.78, 5) is 37.3. The van der Waals surface area contributed by atoms with Crippen LogP contribution in [0.4, 0.5) is 5.13 Å². The fourth-order valence-corrected chi connectivity index (χ4v) is 9.11. The molecule has 2 aromatic rings. The van der Waals surface area contributed by atoms with Gasteiger partial charge in [0.2, 0.25) is 0 Å². The topological polar surface area (TPSA) is 61.8 Å². The third-order valence-corrected chi connectivity index (χ3v) is 10.8. The predicted molar refractivity (Wildman–Crippen MR) is 140 cm³/mol. The van der Waals surface area contributed by atoms with Gasteiger partial charge in [0.05, 0.1) is 17.0 Å². The van der Waals surface area contributed by atoms with E-state index in [1.807, 2.05) is 27.9 Å². The second kappa shape index (κ2) is 9.09. The number of fused-ring (bicyclic) bond motifs is 1. The fourth-order valence-electron chi connectivity index (χ4n) is 4.15. The maximum Gasteiger partial charge on any atom is 0.385 e. The molecule has 0 saturated carbocycles. The number of aromatic nitrogens is 2. The first-order chi connectivity index (χ1) is 15.9. The quantitative estimate of drug-likeness (QED) is 0.579. The minimum atomic E-state index is -0.0717. The molecule has 1 aliphatic carbocycles. The molecule has 2 saturated heterocycles. The molecule has 4 heterocycles. The molecule has 0 spiro atoms. The summed E-state index contributed by atoms with van der Waals surface area (Å²) in [5.41, 5.74) is 1.29. The molecule has 174 valence electrons. The summed E-state index contributed by atoms with van der Waals surface area (Å²) in [6.45, 7) is 5.92. The normalized spacial score (nSPS) is 22.8. The van der Waals surface area contributed by atoms with Crippen LogP contribution in [-0.4, -0.2) is 51.3 Å². The van der Waals surface area contributed by atoms with Gasteiger partial charge >= 0.3 is 5.13 Å². The molecule has 3 aliphatic rings. The van der Waals surface area contributed by atoms with Crippen molar-refractivity contribution in [3.63, 3.8) is 0 Å². The van der Waals surface area contributed by atoms with E-state index in [-0.39, 0.29) is 11.5 Å². The van der Waals surface area contributed by atoms with E-state index in [9.17, 15) is 9.59 Å². The van der Waals surface area contributed by atoms with Gasteiger partial charge in [-0.2, -0.15) is 0 Å². The minimum absolute atomic E-state index is 0.00722. The first-order valence-corrected chi connectivity index (χ1v) is 14.5. The highest BCUT2D eigenvalue weighted by molar-refractivity contribution is 8.23. The number of aliphatic imine (C=N–C) groups is 1. The lowest BCUT2D eigenvalue weighted by atomic mass is 10.1. The van der Waals surface area contributed by atoms with Crippen molar-refractivity contribution in [3.8, 4) is 0 Å². The van der Waals surface area contributed by atoms with Crippen molar-refractivity contribution in [1.29, 1.82) is 0 Å². The van der Waals surface area contributed by atoms with Crippen LogP contribution in [0.25, 0.3) is 16.0 Å². The largest absolute Gasteiger partial charge is 0.385 e. The fraction of sp³-hybridized carbons (Fsp3) is 0.455. The van der Waals surface area contributed by atoms with E-state index in [4.69, 9.17) is 4.99 Å². The van der Waals surface area contributed by atoms with Crippen molar-refractivity contribution in [3.05, 3.63) is 36.2 Å². The average Bonchev–Trinajstić information content (AvgIpc) is 3.54. The third kappa shape index (κ3) is 3.82. The Balaban J connectivity index is 1.66. The number of nitrogens with zero attached hydrogens (tertiary/aromatic N) is 5. The number of rotatable bonds is 3. The second-order valence-electron chi connectivity index (χ2n) is 7.93. The Hall–Kier alpha value is -1.82. The Kier molecular flexibility index (Phi) is 6.32. The van der Waals surface area contributed by atoms with Crippen LogP contribution in [0, 0.1) is 0 Å². The number of thioether (sulfide) groups is 2. The zero-order valence-corrected chi connectivity index (χ0v) is 22.3. The van der Waals surface area contributed by atoms with Crippen molar-refractivity contribution in [2.75, 3.05) is 25.9 Å². The molecule has 2 aromatic heterocycles. The van der Waals surface area contributed by atoms with Crippen LogP contribution in [0.5, 0.6) is 0 Å². The maximum atomic E-state index is 13.4. The molecule has 2 aliphatic heterocycles. The van der Waals surface area contributed by atoms with Crippen LogP contribution in [0.15, 0.2) is 15.9 Å². The molecule has 0 N–H and O–H groups in total. The lowest BCUT2D eigenvalue weighted by Crippen LogP contribution is -2.35. The van der Waals surface area contributed by atoms with Gasteiger partial charge in [0.15, 0.2) is 0 Å². The van der Waals surface area contributed by atoms with Crippen LogP contribution in [0.1, 0.15) is 30.8 Å². The molecule has 5 rings (SSSR count). The zero-order chi connectivity index (χ0) is 23.3. The van der Waals surface area contributed by atoms with Crippen molar-refractivity contribution in [1.82, 2.24) is 14.4 Å². The van der Waals surface area contributed by atoms with Crippen LogP contribution < -0.4 is 19.3 Å². The molecule has 1 amide bonds. The number of hydrogen-bond donors (Lipinski definition) is 0. The minimum Gasteiger partial charge on any atom is -0.367 e. The molecule has 0 bridgehead atoms. The summed E-state index contributed by atoms with van der Waals surface area (Å²) in [5, 5.41) is 2.58. The lowest BCUT2D eigenvalue weighted by molar-refractivity contribution is -0.661. The Labute approximate surface area is 208 Å². The standard InChI is InChI=1S/C22H26N5O2S4/c1-5-26-17(28)15(19-24(3)11-12-30-19)32-20(26)16-18(29)27(6-2)22(33-16)23-21-25(4)13-9-7-8-10-14(13)31-21/h8,10H,5-7,9,11-12H2,1-4H3/q+1/b19-15+,20-16-. The number of hydrogen-bond acceptors (Lipinski definition) is 8. The van der Waals surface area contributed by atoms with E-state index < -0.39 is 0 Å². The monoisotopic (exact) mass is 520 g/mol. The van der Waals surface area contributed by atoms with Gasteiger partial charge in [0, 0.05) is 38.9 Å². The van der Waals surface area contributed by atoms with Gasteiger partial charge in [-0.15, -0.1) is 23.1 Å². The summed E-state index contributed by atoms with van der Waals surface area (Å²) in [6.07, 6.45) is 6.42. The molecule has 2 fully saturated rings. The van der Waals surface area contributed by atoms with E-state index in [1.165, 1.54) is 33.7 Å². The van der Waals surface area contributed by atoms with Crippen LogP contribution in [0.3, 0.4) is 0 Å². The molecule has 33 heavy (non-hydrogen) atoms. The molecule has 11 heteroatoms. The van der Waals surface area contributed by atoms with E-state index >= 15 is 0 Å². The zero-order valence-electron chi connectivity index (χ0n) is 19.1.